The number of fused-ring (bicyclic) bond motifs is 3. The van der Waals surface area contributed by atoms with Gasteiger partial charge >= 0.3 is 0 Å². The molecule has 0 saturated carbocycles. The molecule has 9 rings (SSSR count). The number of piperidine rings is 3. The highest BCUT2D eigenvalue weighted by Gasteiger charge is 2.48. The van der Waals surface area contributed by atoms with E-state index < -0.39 is 16.6 Å². The van der Waals surface area contributed by atoms with E-state index in [1.807, 2.05) is 97.8 Å². The predicted octanol–water partition coefficient (Wildman–Crippen LogP) is 6.94. The largest absolute Gasteiger partial charge is 0.327 e. The smallest absolute Gasteiger partial charge is 0.226 e. The summed E-state index contributed by atoms with van der Waals surface area (Å²) in [6, 6.07) is 0. The van der Waals surface area contributed by atoms with E-state index >= 15 is 0 Å². The van der Waals surface area contributed by atoms with Crippen molar-refractivity contribution in [1.82, 2.24) is 60.0 Å². The molecule has 3 saturated heterocycles. The highest BCUT2D eigenvalue weighted by Crippen LogP contribution is 2.45. The lowest BCUT2D eigenvalue weighted by molar-refractivity contribution is -0.143. The van der Waals surface area contributed by atoms with Gasteiger partial charge in [0.25, 0.3) is 0 Å². The lowest BCUT2D eigenvalue weighted by Gasteiger charge is -2.37. The van der Waals surface area contributed by atoms with Gasteiger partial charge in [-0.15, -0.1) is 0 Å². The second-order valence-electron chi connectivity index (χ2n) is 25.9. The SMILES string of the molecule is CC(C)CC(=O)Nc1n[nH]c2c1CN(C(=O)C1CCN(C)CC1)C2(C)C.CC(C)CC(=O)Nc1n[nH]c2c1CN(C(=O)C1CCN(C)CC1)C2(C)C.CC(C)CC(=O)Nc1n[nH]c2c1CN(C(=O)C1CCN(C)CC1)C2(C)C. The molecular weight excluding hydrogens is 991 g/mol. The van der Waals surface area contributed by atoms with Crippen LogP contribution in [0.5, 0.6) is 0 Å². The van der Waals surface area contributed by atoms with Crippen LogP contribution in [0.1, 0.15) is 175 Å². The molecule has 21 heteroatoms. The highest BCUT2D eigenvalue weighted by atomic mass is 16.2. The van der Waals surface area contributed by atoms with Gasteiger partial charge < -0.3 is 45.3 Å². The fourth-order valence-electron chi connectivity index (χ4n) is 12.0. The van der Waals surface area contributed by atoms with E-state index in [-0.39, 0.29) is 53.2 Å². The number of amides is 6. The third-order valence-corrected chi connectivity index (χ3v) is 17.0. The van der Waals surface area contributed by atoms with Gasteiger partial charge in [-0.1, -0.05) is 41.5 Å². The van der Waals surface area contributed by atoms with Crippen LogP contribution in [-0.2, 0) is 65.0 Å². The summed E-state index contributed by atoms with van der Waals surface area (Å²) >= 11 is 0. The van der Waals surface area contributed by atoms with Gasteiger partial charge in [0.15, 0.2) is 17.5 Å². The van der Waals surface area contributed by atoms with Crippen LogP contribution < -0.4 is 16.0 Å². The summed E-state index contributed by atoms with van der Waals surface area (Å²) in [5, 5.41) is 30.8. The average molecular weight is 1080 g/mol. The fraction of sp³-hybridized carbons (Fsp3) is 0.737. The Kier molecular flexibility index (Phi) is 18.7. The van der Waals surface area contributed by atoms with Crippen molar-refractivity contribution in [2.45, 2.75) is 177 Å². The van der Waals surface area contributed by atoms with Crippen molar-refractivity contribution in [3.63, 3.8) is 0 Å². The molecule has 0 bridgehead atoms. The van der Waals surface area contributed by atoms with E-state index in [4.69, 9.17) is 0 Å². The maximum atomic E-state index is 13.2. The molecule has 0 aromatic carbocycles. The molecule has 6 amide bonds. The number of likely N-dealkylation sites (tertiary alicyclic amines) is 3. The number of H-pyrrole nitrogens is 3. The third kappa shape index (κ3) is 13.3. The fourth-order valence-corrected chi connectivity index (χ4v) is 12.0. The minimum absolute atomic E-state index is 0.0350. The summed E-state index contributed by atoms with van der Waals surface area (Å²) in [4.78, 5) is 88.5. The van der Waals surface area contributed by atoms with Crippen molar-refractivity contribution in [1.29, 1.82) is 0 Å². The van der Waals surface area contributed by atoms with Crippen molar-refractivity contribution >= 4 is 52.9 Å². The predicted molar refractivity (Wildman–Crippen MR) is 301 cm³/mol. The summed E-state index contributed by atoms with van der Waals surface area (Å²) in [6.45, 7) is 31.7. The average Bonchev–Trinajstić information content (AvgIpc) is 4.35. The van der Waals surface area contributed by atoms with Crippen LogP contribution in [0.25, 0.3) is 0 Å². The molecule has 9 heterocycles. The standard InChI is InChI=1S/3C19H31N5O2/c3*1-12(2)10-15(25)20-17-14-11-24(19(3,4)16(14)21-22-17)18(26)13-6-8-23(5)9-7-13/h3*12-13H,6-11H2,1-5H3,(H2,20,21,22,25). The molecule has 432 valence electrons. The van der Waals surface area contributed by atoms with Gasteiger partial charge in [0.05, 0.1) is 53.3 Å². The number of aromatic nitrogens is 6. The molecule has 3 fully saturated rings. The molecule has 0 atom stereocenters. The summed E-state index contributed by atoms with van der Waals surface area (Å²) in [6.07, 6.45) is 6.84. The van der Waals surface area contributed by atoms with Gasteiger partial charge in [-0.3, -0.25) is 44.1 Å². The molecule has 0 aliphatic carbocycles. The third-order valence-electron chi connectivity index (χ3n) is 17.0. The molecule has 21 nitrogen and oxygen atoms in total. The first-order chi connectivity index (χ1) is 36.6. The molecule has 3 aromatic heterocycles. The maximum Gasteiger partial charge on any atom is 0.226 e. The van der Waals surface area contributed by atoms with Crippen LogP contribution >= 0.6 is 0 Å². The topological polar surface area (TPSA) is 244 Å². The Morgan fingerprint density at radius 2 is 0.654 bits per heavy atom. The van der Waals surface area contributed by atoms with Crippen LogP contribution in [0.4, 0.5) is 17.5 Å². The Morgan fingerprint density at radius 1 is 0.436 bits per heavy atom. The zero-order valence-corrected chi connectivity index (χ0v) is 49.7. The van der Waals surface area contributed by atoms with Crippen molar-refractivity contribution < 1.29 is 28.8 Å². The van der Waals surface area contributed by atoms with Crippen molar-refractivity contribution in [2.75, 3.05) is 76.4 Å². The molecule has 6 aliphatic heterocycles. The number of carbonyl (C=O) groups excluding carboxylic acids is 6. The number of hydrogen-bond donors (Lipinski definition) is 6. The monoisotopic (exact) mass is 1080 g/mol. The van der Waals surface area contributed by atoms with Gasteiger partial charge in [-0.25, -0.2) is 0 Å². The Balaban J connectivity index is 0.000000170. The number of anilines is 3. The summed E-state index contributed by atoms with van der Waals surface area (Å²) in [5.74, 6) is 3.37. The van der Waals surface area contributed by atoms with Gasteiger partial charge in [0.1, 0.15) is 0 Å². The minimum Gasteiger partial charge on any atom is -0.327 e. The Morgan fingerprint density at radius 3 is 0.859 bits per heavy atom. The van der Waals surface area contributed by atoms with E-state index in [2.05, 4.69) is 82.4 Å². The van der Waals surface area contributed by atoms with Crippen molar-refractivity contribution in [2.24, 2.45) is 35.5 Å². The van der Waals surface area contributed by atoms with Gasteiger partial charge in [0, 0.05) is 53.7 Å². The maximum absolute atomic E-state index is 13.2. The zero-order valence-electron chi connectivity index (χ0n) is 49.7. The van der Waals surface area contributed by atoms with Crippen LogP contribution in [0, 0.1) is 35.5 Å². The highest BCUT2D eigenvalue weighted by molar-refractivity contribution is 5.93. The number of hydrogen-bond acceptors (Lipinski definition) is 12. The molecule has 3 aromatic rings. The second kappa shape index (κ2) is 24.4. The normalized spacial score (nSPS) is 20.5. The number of nitrogens with one attached hydrogen (secondary N) is 6. The Labute approximate surface area is 462 Å². The van der Waals surface area contributed by atoms with E-state index in [9.17, 15) is 28.8 Å². The quantitative estimate of drug-likeness (QED) is 0.108. The van der Waals surface area contributed by atoms with Crippen LogP contribution in [0.3, 0.4) is 0 Å². The molecule has 6 aliphatic rings. The van der Waals surface area contributed by atoms with Crippen molar-refractivity contribution in [3.05, 3.63) is 33.8 Å². The number of carbonyl (C=O) groups is 6. The second-order valence-corrected chi connectivity index (χ2v) is 25.9. The Hall–Kier alpha value is -5.67. The molecule has 0 radical (unpaired) electrons. The van der Waals surface area contributed by atoms with E-state index in [1.165, 1.54) is 0 Å². The van der Waals surface area contributed by atoms with E-state index in [1.54, 1.807) is 0 Å². The lowest BCUT2D eigenvalue weighted by atomic mass is 9.93. The van der Waals surface area contributed by atoms with Crippen LogP contribution in [0.15, 0.2) is 0 Å². The van der Waals surface area contributed by atoms with E-state index in [0.717, 1.165) is 112 Å². The zero-order chi connectivity index (χ0) is 57.2. The van der Waals surface area contributed by atoms with Gasteiger partial charge in [0.2, 0.25) is 35.4 Å². The van der Waals surface area contributed by atoms with Crippen LogP contribution in [0.2, 0.25) is 0 Å². The minimum atomic E-state index is -0.441. The molecule has 78 heavy (non-hydrogen) atoms. The first-order valence-corrected chi connectivity index (χ1v) is 28.7. The number of aromatic amines is 3. The molecular formula is C57H93N15O6. The first kappa shape index (κ1) is 60.0. The first-order valence-electron chi connectivity index (χ1n) is 28.7. The summed E-state index contributed by atoms with van der Waals surface area (Å²) in [5.41, 5.74) is 4.28. The molecule has 0 unspecified atom stereocenters. The molecule has 0 spiro atoms. The summed E-state index contributed by atoms with van der Waals surface area (Å²) in [7, 11) is 6.30. The number of nitrogens with zero attached hydrogens (tertiary/aromatic N) is 9. The summed E-state index contributed by atoms with van der Waals surface area (Å²) < 4.78 is 0. The lowest BCUT2D eigenvalue weighted by Crippen LogP contribution is -2.46. The van der Waals surface area contributed by atoms with Gasteiger partial charge in [-0.05, 0) is 158 Å². The van der Waals surface area contributed by atoms with Crippen molar-refractivity contribution in [3.8, 4) is 0 Å². The number of rotatable bonds is 12. The van der Waals surface area contributed by atoms with Gasteiger partial charge in [-0.2, -0.15) is 15.3 Å². The van der Waals surface area contributed by atoms with Crippen LogP contribution in [-0.4, -0.2) is 156 Å². The molecule has 6 N–H and O–H groups in total. The Bertz CT molecular complexity index is 2340. The van der Waals surface area contributed by atoms with E-state index in [0.29, 0.717) is 74.1 Å².